The maximum atomic E-state index is 10.6. The number of nitro benzene ring substituents is 1. The Hall–Kier alpha value is -1.58. The number of rotatable bonds is 6. The van der Waals surface area contributed by atoms with Crippen LogP contribution >= 0.6 is 0 Å². The third kappa shape index (κ3) is 4.06. The van der Waals surface area contributed by atoms with Gasteiger partial charge in [-0.1, -0.05) is 19.8 Å². The van der Waals surface area contributed by atoms with Gasteiger partial charge in [-0.3, -0.25) is 10.1 Å². The van der Waals surface area contributed by atoms with Gasteiger partial charge in [0.2, 0.25) is 0 Å². The van der Waals surface area contributed by atoms with Crippen LogP contribution in [0.2, 0.25) is 0 Å². The lowest BCUT2D eigenvalue weighted by Crippen LogP contribution is -2.15. The minimum atomic E-state index is -0.364. The van der Waals surface area contributed by atoms with E-state index in [2.05, 4.69) is 19.2 Å². The van der Waals surface area contributed by atoms with Gasteiger partial charge in [-0.05, 0) is 31.9 Å². The first-order chi connectivity index (χ1) is 8.04. The molecule has 0 radical (unpaired) electrons. The zero-order valence-electron chi connectivity index (χ0n) is 10.7. The summed E-state index contributed by atoms with van der Waals surface area (Å²) < 4.78 is 0. The van der Waals surface area contributed by atoms with Crippen LogP contribution in [-0.2, 0) is 0 Å². The van der Waals surface area contributed by atoms with Crippen molar-refractivity contribution in [1.29, 1.82) is 0 Å². The highest BCUT2D eigenvalue weighted by Crippen LogP contribution is 2.22. The summed E-state index contributed by atoms with van der Waals surface area (Å²) in [6.07, 6.45) is 3.50. The number of hydrogen-bond acceptors (Lipinski definition) is 3. The molecule has 1 atom stereocenters. The van der Waals surface area contributed by atoms with Crippen molar-refractivity contribution < 1.29 is 4.92 Å². The van der Waals surface area contributed by atoms with Crippen molar-refractivity contribution >= 4 is 11.4 Å². The maximum absolute atomic E-state index is 10.6. The molecule has 0 heterocycles. The molecular weight excluding hydrogens is 216 g/mol. The van der Waals surface area contributed by atoms with E-state index in [1.807, 2.05) is 6.92 Å². The molecule has 0 saturated carbocycles. The Morgan fingerprint density at radius 3 is 2.71 bits per heavy atom. The number of nitrogens with one attached hydrogen (secondary N) is 1. The van der Waals surface area contributed by atoms with E-state index in [0.717, 1.165) is 17.7 Å². The number of hydrogen-bond donors (Lipinski definition) is 1. The summed E-state index contributed by atoms with van der Waals surface area (Å²) in [7, 11) is 0. The van der Waals surface area contributed by atoms with Crippen LogP contribution in [0.3, 0.4) is 0 Å². The number of non-ortho nitro benzene ring substituents is 1. The van der Waals surface area contributed by atoms with Gasteiger partial charge in [0.15, 0.2) is 0 Å². The molecule has 1 aromatic carbocycles. The van der Waals surface area contributed by atoms with Gasteiger partial charge in [0.05, 0.1) is 4.92 Å². The van der Waals surface area contributed by atoms with Crippen molar-refractivity contribution in [3.63, 3.8) is 0 Å². The Kier molecular flexibility index (Phi) is 4.94. The highest BCUT2D eigenvalue weighted by atomic mass is 16.6. The van der Waals surface area contributed by atoms with Crippen molar-refractivity contribution in [1.82, 2.24) is 0 Å². The second-order valence-electron chi connectivity index (χ2n) is 4.44. The predicted molar refractivity (Wildman–Crippen MR) is 70.4 cm³/mol. The van der Waals surface area contributed by atoms with E-state index in [0.29, 0.717) is 6.04 Å². The summed E-state index contributed by atoms with van der Waals surface area (Å²) in [5, 5.41) is 14.0. The Bertz CT molecular complexity index is 391. The molecule has 0 spiro atoms. The standard InChI is InChI=1S/C13H20N2O2/c1-4-5-6-11(3)14-13-8-7-12(15(16)17)9-10(13)2/h7-9,11,14H,4-6H2,1-3H3. The predicted octanol–water partition coefficient (Wildman–Crippen LogP) is 3.89. The van der Waals surface area contributed by atoms with E-state index < -0.39 is 0 Å². The van der Waals surface area contributed by atoms with Crippen LogP contribution < -0.4 is 5.32 Å². The molecule has 17 heavy (non-hydrogen) atoms. The summed E-state index contributed by atoms with van der Waals surface area (Å²) in [4.78, 5) is 10.2. The third-order valence-corrected chi connectivity index (χ3v) is 2.81. The van der Waals surface area contributed by atoms with Gasteiger partial charge in [-0.2, -0.15) is 0 Å². The van der Waals surface area contributed by atoms with E-state index in [1.165, 1.54) is 12.8 Å². The molecule has 1 rings (SSSR count). The number of nitro groups is 1. The van der Waals surface area contributed by atoms with Crippen LogP contribution in [0, 0.1) is 17.0 Å². The van der Waals surface area contributed by atoms with Crippen LogP contribution in [0.5, 0.6) is 0 Å². The van der Waals surface area contributed by atoms with Gasteiger partial charge in [-0.25, -0.2) is 0 Å². The van der Waals surface area contributed by atoms with Gasteiger partial charge in [-0.15, -0.1) is 0 Å². The molecule has 1 N–H and O–H groups in total. The number of benzene rings is 1. The van der Waals surface area contributed by atoms with Crippen molar-refractivity contribution in [2.24, 2.45) is 0 Å². The van der Waals surface area contributed by atoms with E-state index in [9.17, 15) is 10.1 Å². The molecule has 4 nitrogen and oxygen atoms in total. The SMILES string of the molecule is CCCCC(C)Nc1ccc([N+](=O)[O-])cc1C. The average molecular weight is 236 g/mol. The number of nitrogens with zero attached hydrogens (tertiary/aromatic N) is 1. The molecule has 1 unspecified atom stereocenters. The summed E-state index contributed by atoms with van der Waals surface area (Å²) in [5.74, 6) is 0. The zero-order valence-corrected chi connectivity index (χ0v) is 10.7. The lowest BCUT2D eigenvalue weighted by atomic mass is 10.1. The maximum Gasteiger partial charge on any atom is 0.269 e. The highest BCUT2D eigenvalue weighted by molar-refractivity contribution is 5.55. The van der Waals surface area contributed by atoms with Crippen molar-refractivity contribution in [3.05, 3.63) is 33.9 Å². The first-order valence-electron chi connectivity index (χ1n) is 6.06. The fourth-order valence-electron chi connectivity index (χ4n) is 1.77. The van der Waals surface area contributed by atoms with Gasteiger partial charge >= 0.3 is 0 Å². The summed E-state index contributed by atoms with van der Waals surface area (Å²) in [5.41, 5.74) is 2.05. The molecule has 0 aromatic heterocycles. The molecule has 0 fully saturated rings. The van der Waals surface area contributed by atoms with E-state index in [-0.39, 0.29) is 10.6 Å². The normalized spacial score (nSPS) is 12.2. The summed E-state index contributed by atoms with van der Waals surface area (Å²) >= 11 is 0. The van der Waals surface area contributed by atoms with Gasteiger partial charge in [0, 0.05) is 23.9 Å². The molecular formula is C13H20N2O2. The van der Waals surface area contributed by atoms with Gasteiger partial charge < -0.3 is 5.32 Å². The van der Waals surface area contributed by atoms with E-state index in [1.54, 1.807) is 18.2 Å². The largest absolute Gasteiger partial charge is 0.382 e. The fraction of sp³-hybridized carbons (Fsp3) is 0.538. The van der Waals surface area contributed by atoms with Crippen LogP contribution in [0.15, 0.2) is 18.2 Å². The average Bonchev–Trinajstić information content (AvgIpc) is 2.28. The van der Waals surface area contributed by atoms with Crippen LogP contribution in [-0.4, -0.2) is 11.0 Å². The number of aryl methyl sites for hydroxylation is 1. The molecule has 0 saturated heterocycles. The topological polar surface area (TPSA) is 55.2 Å². The lowest BCUT2D eigenvalue weighted by molar-refractivity contribution is -0.384. The Balaban J connectivity index is 2.69. The highest BCUT2D eigenvalue weighted by Gasteiger charge is 2.09. The molecule has 0 aliphatic carbocycles. The molecule has 4 heteroatoms. The second kappa shape index (κ2) is 6.23. The molecule has 0 aliphatic heterocycles. The fourth-order valence-corrected chi connectivity index (χ4v) is 1.77. The van der Waals surface area contributed by atoms with Crippen LogP contribution in [0.25, 0.3) is 0 Å². The van der Waals surface area contributed by atoms with Crippen molar-refractivity contribution in [2.45, 2.75) is 46.1 Å². The second-order valence-corrected chi connectivity index (χ2v) is 4.44. The molecule has 0 aliphatic rings. The quantitative estimate of drug-likeness (QED) is 0.602. The lowest BCUT2D eigenvalue weighted by Gasteiger charge is -2.16. The summed E-state index contributed by atoms with van der Waals surface area (Å²) in [6.45, 7) is 6.20. The van der Waals surface area contributed by atoms with Crippen LogP contribution in [0.4, 0.5) is 11.4 Å². The van der Waals surface area contributed by atoms with Gasteiger partial charge in [0.25, 0.3) is 5.69 Å². The smallest absolute Gasteiger partial charge is 0.269 e. The van der Waals surface area contributed by atoms with Crippen LogP contribution in [0.1, 0.15) is 38.7 Å². The first-order valence-corrected chi connectivity index (χ1v) is 6.06. The molecule has 1 aromatic rings. The van der Waals surface area contributed by atoms with E-state index >= 15 is 0 Å². The Labute approximate surface area is 102 Å². The Morgan fingerprint density at radius 1 is 1.47 bits per heavy atom. The zero-order chi connectivity index (χ0) is 12.8. The number of anilines is 1. The summed E-state index contributed by atoms with van der Waals surface area (Å²) in [6, 6.07) is 5.34. The van der Waals surface area contributed by atoms with Gasteiger partial charge in [0.1, 0.15) is 0 Å². The van der Waals surface area contributed by atoms with E-state index in [4.69, 9.17) is 0 Å². The number of unbranched alkanes of at least 4 members (excludes halogenated alkanes) is 1. The van der Waals surface area contributed by atoms with Crippen molar-refractivity contribution in [3.8, 4) is 0 Å². The Morgan fingerprint density at radius 2 is 2.18 bits per heavy atom. The molecule has 0 bridgehead atoms. The minimum absolute atomic E-state index is 0.147. The molecule has 94 valence electrons. The first kappa shape index (κ1) is 13.5. The third-order valence-electron chi connectivity index (χ3n) is 2.81. The molecule has 0 amide bonds. The van der Waals surface area contributed by atoms with Crippen molar-refractivity contribution in [2.75, 3.05) is 5.32 Å². The monoisotopic (exact) mass is 236 g/mol. The minimum Gasteiger partial charge on any atom is -0.382 e.